The number of nitriles is 1. The van der Waals surface area contributed by atoms with Crippen LogP contribution in [0.25, 0.3) is 0 Å². The van der Waals surface area contributed by atoms with Crippen molar-refractivity contribution in [1.29, 1.82) is 5.26 Å². The molecule has 2 aromatic carbocycles. The summed E-state index contributed by atoms with van der Waals surface area (Å²) in [5.74, 6) is -2.57. The third kappa shape index (κ3) is 6.80. The van der Waals surface area contributed by atoms with Gasteiger partial charge in [-0.1, -0.05) is 37.3 Å². The number of nitrogens with one attached hydrogen (secondary N) is 2. The Morgan fingerprint density at radius 2 is 1.62 bits per heavy atom. The number of hydrogen-bond donors (Lipinski definition) is 2. The number of imide groups is 2. The molecule has 294 valence electrons. The van der Waals surface area contributed by atoms with Crippen LogP contribution < -0.4 is 15.5 Å². The minimum atomic E-state index is -4.59. The van der Waals surface area contributed by atoms with Gasteiger partial charge < -0.3 is 14.8 Å². The summed E-state index contributed by atoms with van der Waals surface area (Å²) < 4.78 is 43.9. The van der Waals surface area contributed by atoms with Gasteiger partial charge >= 0.3 is 6.18 Å². The molecule has 5 aliphatic heterocycles. The van der Waals surface area contributed by atoms with Gasteiger partial charge in [0, 0.05) is 50.0 Å². The normalized spacial score (nSPS) is 27.9. The Morgan fingerprint density at radius 3 is 2.27 bits per heavy atom. The average molecular weight is 773 g/mol. The van der Waals surface area contributed by atoms with Gasteiger partial charge in [-0.3, -0.25) is 39.5 Å². The first-order chi connectivity index (χ1) is 26.8. The predicted octanol–water partition coefficient (Wildman–Crippen LogP) is 3.72. The SMILES string of the molecule is CC(CN1C=C(C(F)(F)F)C(c2ccccc2)N1C1CCN(C2C[C@@H]3CN(c4ccc5c(c4)C(=O)N(C4CCC(=O)NC4=O)C5=O)C[C@@H]3C2)CC1)C(=O)NC#N. The van der Waals surface area contributed by atoms with E-state index in [1.165, 1.54) is 0 Å². The summed E-state index contributed by atoms with van der Waals surface area (Å²) in [6.07, 6.45) is 1.56. The Balaban J connectivity index is 0.914. The molecule has 1 aliphatic carbocycles. The second-order valence-electron chi connectivity index (χ2n) is 15.9. The van der Waals surface area contributed by atoms with Crippen LogP contribution in [-0.2, 0) is 14.4 Å². The van der Waals surface area contributed by atoms with Crippen molar-refractivity contribution in [1.82, 2.24) is 30.5 Å². The lowest BCUT2D eigenvalue weighted by Gasteiger charge is -2.45. The van der Waals surface area contributed by atoms with Gasteiger partial charge in [0.05, 0.1) is 28.7 Å². The molecule has 0 aromatic heterocycles. The van der Waals surface area contributed by atoms with E-state index >= 15 is 0 Å². The molecule has 3 saturated heterocycles. The maximum atomic E-state index is 14.6. The fourth-order valence-corrected chi connectivity index (χ4v) is 9.84. The average Bonchev–Trinajstić information content (AvgIpc) is 3.93. The minimum Gasteiger partial charge on any atom is -0.371 e. The zero-order valence-electron chi connectivity index (χ0n) is 30.9. The number of benzene rings is 2. The number of piperidine rings is 2. The van der Waals surface area contributed by atoms with Crippen LogP contribution in [0.1, 0.15) is 77.8 Å². The molecule has 5 amide bonds. The molecule has 0 bridgehead atoms. The number of nitrogens with zero attached hydrogens (tertiary/aromatic N) is 6. The highest BCUT2D eigenvalue weighted by molar-refractivity contribution is 6.23. The first kappa shape index (κ1) is 37.6. The van der Waals surface area contributed by atoms with E-state index in [-0.39, 0.29) is 36.6 Å². The molecule has 13 nitrogen and oxygen atoms in total. The molecule has 1 saturated carbocycles. The summed E-state index contributed by atoms with van der Waals surface area (Å²) in [5.41, 5.74) is 1.20. The Morgan fingerprint density at radius 1 is 0.946 bits per heavy atom. The third-order valence-electron chi connectivity index (χ3n) is 12.6. The molecule has 0 spiro atoms. The topological polar surface area (TPSA) is 149 Å². The molecule has 2 N–H and O–H groups in total. The Bertz CT molecular complexity index is 2000. The van der Waals surface area contributed by atoms with Crippen molar-refractivity contribution >= 4 is 35.2 Å². The number of amides is 5. The largest absolute Gasteiger partial charge is 0.416 e. The van der Waals surface area contributed by atoms with Gasteiger partial charge in [-0.25, -0.2) is 5.01 Å². The summed E-state index contributed by atoms with van der Waals surface area (Å²) >= 11 is 0. The standard InChI is InChI=1S/C40H43F3N8O5/c1-23(36(53)45-22-44)18-49-21-32(40(41,42)43)35(24-5-3-2-4-6-24)51(49)27-11-13-47(14-12-27)29-15-25-19-48(20-26(25)16-29)28-7-8-30-31(17-28)39(56)50(38(30)55)33-9-10-34(52)46-37(33)54/h2-8,17,21,23,25-27,29,33,35H,9-16,18-20H2,1H3,(H,45,53)(H,46,52,54)/t23?,25-,26+,29?,33?,35?. The number of alkyl halides is 3. The number of likely N-dealkylation sites (tertiary alicyclic amines) is 1. The zero-order valence-corrected chi connectivity index (χ0v) is 30.9. The molecule has 2 aromatic rings. The van der Waals surface area contributed by atoms with Gasteiger partial charge in [0.2, 0.25) is 17.7 Å². The third-order valence-corrected chi connectivity index (χ3v) is 12.6. The lowest BCUT2D eigenvalue weighted by atomic mass is 9.95. The molecule has 6 aliphatic rings. The summed E-state index contributed by atoms with van der Waals surface area (Å²) in [7, 11) is 0. The number of hydrazine groups is 1. The van der Waals surface area contributed by atoms with Crippen LogP contribution in [0.15, 0.2) is 60.3 Å². The van der Waals surface area contributed by atoms with Crippen LogP contribution in [0.4, 0.5) is 18.9 Å². The second kappa shape index (κ2) is 14.7. The van der Waals surface area contributed by atoms with E-state index in [2.05, 4.69) is 20.4 Å². The Labute approximate surface area is 322 Å². The molecule has 16 heteroatoms. The van der Waals surface area contributed by atoms with Crippen molar-refractivity contribution in [3.63, 3.8) is 0 Å². The van der Waals surface area contributed by atoms with Gasteiger partial charge in [0.1, 0.15) is 6.04 Å². The molecule has 4 fully saturated rings. The van der Waals surface area contributed by atoms with E-state index in [4.69, 9.17) is 5.26 Å². The van der Waals surface area contributed by atoms with Crippen molar-refractivity contribution in [2.75, 3.05) is 37.6 Å². The number of carbonyl (C=O) groups excluding carboxylic acids is 5. The highest BCUT2D eigenvalue weighted by atomic mass is 19.4. The van der Waals surface area contributed by atoms with Crippen LogP contribution in [-0.4, -0.2) is 106 Å². The number of hydrogen-bond acceptors (Lipinski definition) is 10. The highest BCUT2D eigenvalue weighted by Gasteiger charge is 2.51. The minimum absolute atomic E-state index is 0.00803. The number of rotatable bonds is 8. The molecule has 56 heavy (non-hydrogen) atoms. The van der Waals surface area contributed by atoms with Gasteiger partial charge in [-0.05, 0) is 80.8 Å². The number of halogens is 3. The van der Waals surface area contributed by atoms with E-state index in [9.17, 15) is 37.1 Å². The van der Waals surface area contributed by atoms with Gasteiger partial charge in [-0.2, -0.15) is 18.4 Å². The molecule has 6 atom stereocenters. The fourth-order valence-electron chi connectivity index (χ4n) is 9.84. The van der Waals surface area contributed by atoms with Crippen LogP contribution in [0.5, 0.6) is 0 Å². The predicted molar refractivity (Wildman–Crippen MR) is 195 cm³/mol. The highest BCUT2D eigenvalue weighted by Crippen LogP contribution is 2.48. The Kier molecular flexibility index (Phi) is 9.86. The van der Waals surface area contributed by atoms with Crippen LogP contribution >= 0.6 is 0 Å². The van der Waals surface area contributed by atoms with E-state index in [0.717, 1.165) is 55.8 Å². The van der Waals surface area contributed by atoms with Crippen molar-refractivity contribution in [3.05, 3.63) is 77.0 Å². The van der Waals surface area contributed by atoms with Crippen LogP contribution in [0.2, 0.25) is 0 Å². The number of carbonyl (C=O) groups is 5. The quantitative estimate of drug-likeness (QED) is 0.231. The molecular formula is C40H43F3N8O5. The zero-order chi connectivity index (χ0) is 39.5. The van der Waals surface area contributed by atoms with Crippen molar-refractivity contribution < 1.29 is 37.1 Å². The van der Waals surface area contributed by atoms with Crippen LogP contribution in [0, 0.1) is 29.2 Å². The van der Waals surface area contributed by atoms with Gasteiger partial charge in [0.15, 0.2) is 6.19 Å². The van der Waals surface area contributed by atoms with Crippen molar-refractivity contribution in [2.45, 2.75) is 75.8 Å². The second-order valence-corrected chi connectivity index (χ2v) is 15.9. The summed E-state index contributed by atoms with van der Waals surface area (Å²) in [6, 6.07) is 11.9. The molecule has 4 unspecified atom stereocenters. The van der Waals surface area contributed by atoms with Crippen LogP contribution in [0.3, 0.4) is 0 Å². The number of fused-ring (bicyclic) bond motifs is 2. The summed E-state index contributed by atoms with van der Waals surface area (Å²) in [4.78, 5) is 68.9. The lowest BCUT2D eigenvalue weighted by molar-refractivity contribution is -0.136. The lowest BCUT2D eigenvalue weighted by Crippen LogP contribution is -2.54. The maximum Gasteiger partial charge on any atom is 0.416 e. The van der Waals surface area contributed by atoms with E-state index < -0.39 is 59.3 Å². The first-order valence-corrected chi connectivity index (χ1v) is 19.2. The maximum absolute atomic E-state index is 14.6. The number of anilines is 1. The van der Waals surface area contributed by atoms with Crippen molar-refractivity contribution in [2.24, 2.45) is 17.8 Å². The van der Waals surface area contributed by atoms with Gasteiger partial charge in [0.25, 0.3) is 11.8 Å². The summed E-state index contributed by atoms with van der Waals surface area (Å²) in [6.45, 7) is 4.62. The molecule has 0 radical (unpaired) electrons. The molecule has 8 rings (SSSR count). The fraction of sp³-hybridized carbons (Fsp3) is 0.500. The smallest absolute Gasteiger partial charge is 0.371 e. The Hall–Kier alpha value is -5.27. The molecular weight excluding hydrogens is 729 g/mol. The summed E-state index contributed by atoms with van der Waals surface area (Å²) in [5, 5.41) is 16.7. The monoisotopic (exact) mass is 772 g/mol. The van der Waals surface area contributed by atoms with E-state index in [0.29, 0.717) is 36.3 Å². The van der Waals surface area contributed by atoms with E-state index in [1.54, 1.807) is 60.6 Å². The van der Waals surface area contributed by atoms with Crippen molar-refractivity contribution in [3.8, 4) is 6.19 Å². The van der Waals surface area contributed by atoms with Gasteiger partial charge in [-0.15, -0.1) is 0 Å². The first-order valence-electron chi connectivity index (χ1n) is 19.2. The molecule has 5 heterocycles. The van der Waals surface area contributed by atoms with E-state index in [1.807, 2.05) is 11.1 Å².